The Hall–Kier alpha value is -1.67. The van der Waals surface area contributed by atoms with E-state index >= 15 is 0 Å². The lowest BCUT2D eigenvalue weighted by Crippen LogP contribution is -2.55. The molecule has 2 N–H and O–H groups in total. The van der Waals surface area contributed by atoms with Crippen LogP contribution in [-0.2, 0) is 23.9 Å². The Balaban J connectivity index is 1.90. The molecule has 1 spiro atoms. The van der Waals surface area contributed by atoms with Crippen LogP contribution in [0.1, 0.15) is 78.6 Å². The summed E-state index contributed by atoms with van der Waals surface area (Å²) in [4.78, 5) is 41.8. The van der Waals surface area contributed by atoms with E-state index in [0.29, 0.717) is 32.4 Å². The molecule has 3 rings (SSSR count). The van der Waals surface area contributed by atoms with E-state index in [0.717, 1.165) is 38.5 Å². The Morgan fingerprint density at radius 2 is 1.91 bits per heavy atom. The van der Waals surface area contributed by atoms with Crippen molar-refractivity contribution in [1.29, 1.82) is 0 Å². The number of rotatable bonds is 13. The normalized spacial score (nSPS) is 32.9. The number of likely N-dealkylation sites (tertiary alicyclic amines) is 1. The van der Waals surface area contributed by atoms with Crippen LogP contribution in [0.3, 0.4) is 0 Å². The summed E-state index contributed by atoms with van der Waals surface area (Å²) in [6.07, 6.45) is 6.91. The molecule has 32 heavy (non-hydrogen) atoms. The molecule has 5 atom stereocenters. The van der Waals surface area contributed by atoms with Crippen LogP contribution in [0.5, 0.6) is 0 Å². The van der Waals surface area contributed by atoms with E-state index in [-0.39, 0.29) is 31.0 Å². The van der Waals surface area contributed by atoms with E-state index in [4.69, 9.17) is 14.6 Å². The average Bonchev–Trinajstić information content (AvgIpc) is 3.38. The zero-order valence-corrected chi connectivity index (χ0v) is 19.9. The van der Waals surface area contributed by atoms with Crippen molar-refractivity contribution >= 4 is 17.8 Å². The molecule has 2 amide bonds. The first kappa shape index (κ1) is 25.0. The molecule has 3 heterocycles. The number of unbranched alkanes of at least 4 members (excludes halogenated alkanes) is 4. The van der Waals surface area contributed by atoms with Gasteiger partial charge in [-0.2, -0.15) is 0 Å². The van der Waals surface area contributed by atoms with E-state index in [9.17, 15) is 14.4 Å². The van der Waals surface area contributed by atoms with E-state index in [1.807, 2.05) is 6.92 Å². The topological polar surface area (TPSA) is 105 Å². The third kappa shape index (κ3) is 4.16. The highest BCUT2D eigenvalue weighted by Gasteiger charge is 2.78. The second-order valence-electron chi connectivity index (χ2n) is 9.40. The van der Waals surface area contributed by atoms with Gasteiger partial charge in [-0.15, -0.1) is 0 Å². The quantitative estimate of drug-likeness (QED) is 0.328. The first-order valence-electron chi connectivity index (χ1n) is 12.5. The van der Waals surface area contributed by atoms with Gasteiger partial charge in [0, 0.05) is 19.7 Å². The Kier molecular flexibility index (Phi) is 8.20. The fraction of sp³-hybridized carbons (Fsp3) is 0.875. The van der Waals surface area contributed by atoms with Gasteiger partial charge in [-0.3, -0.25) is 14.4 Å². The van der Waals surface area contributed by atoms with Gasteiger partial charge in [0.25, 0.3) is 0 Å². The van der Waals surface area contributed by atoms with Crippen LogP contribution in [0.2, 0.25) is 0 Å². The maximum Gasteiger partial charge on any atom is 0.312 e. The largest absolute Gasteiger partial charge is 0.466 e. The molecule has 0 aromatic carbocycles. The number of aliphatic hydroxyl groups is 1. The molecule has 8 heteroatoms. The van der Waals surface area contributed by atoms with Gasteiger partial charge in [-0.05, 0) is 45.4 Å². The fourth-order valence-electron chi connectivity index (χ4n) is 6.08. The summed E-state index contributed by atoms with van der Waals surface area (Å²) in [5.41, 5.74) is -1.70. The summed E-state index contributed by atoms with van der Waals surface area (Å²) < 4.78 is 12.0. The van der Waals surface area contributed by atoms with Gasteiger partial charge in [-0.1, -0.05) is 33.1 Å². The summed E-state index contributed by atoms with van der Waals surface area (Å²) >= 11 is 0. The summed E-state index contributed by atoms with van der Waals surface area (Å²) in [5.74, 6) is -2.06. The average molecular weight is 453 g/mol. The van der Waals surface area contributed by atoms with Gasteiger partial charge in [0.05, 0.1) is 18.1 Å². The van der Waals surface area contributed by atoms with Gasteiger partial charge in [0.1, 0.15) is 17.6 Å². The fourth-order valence-corrected chi connectivity index (χ4v) is 6.08. The molecule has 0 aliphatic carbocycles. The molecule has 0 aromatic rings. The van der Waals surface area contributed by atoms with E-state index < -0.39 is 29.1 Å². The van der Waals surface area contributed by atoms with E-state index in [2.05, 4.69) is 12.2 Å². The maximum absolute atomic E-state index is 13.7. The lowest BCUT2D eigenvalue weighted by atomic mass is 9.65. The number of amides is 2. The predicted molar refractivity (Wildman–Crippen MR) is 119 cm³/mol. The van der Waals surface area contributed by atoms with Crippen molar-refractivity contribution in [2.75, 3.05) is 26.3 Å². The van der Waals surface area contributed by atoms with Crippen molar-refractivity contribution in [3.8, 4) is 0 Å². The van der Waals surface area contributed by atoms with Crippen molar-refractivity contribution in [2.45, 2.75) is 95.8 Å². The smallest absolute Gasteiger partial charge is 0.312 e. The molecule has 3 aliphatic heterocycles. The van der Waals surface area contributed by atoms with Crippen molar-refractivity contribution in [1.82, 2.24) is 10.2 Å². The number of carbonyl (C=O) groups is 3. The summed E-state index contributed by atoms with van der Waals surface area (Å²) in [5, 5.41) is 12.0. The number of ether oxygens (including phenoxy) is 2. The first-order valence-corrected chi connectivity index (χ1v) is 12.5. The Morgan fingerprint density at radius 1 is 1.16 bits per heavy atom. The SMILES string of the molecule is CCCCNC(=O)C1N(CCCCCCO)C(=O)[C@@H]2[C@@H](C(=O)OCC)[C@@]3(CC)CCC12O3. The zero-order chi connectivity index (χ0) is 23.4. The number of nitrogens with one attached hydrogen (secondary N) is 1. The minimum atomic E-state index is -0.966. The molecule has 3 aliphatic rings. The van der Waals surface area contributed by atoms with Gasteiger partial charge >= 0.3 is 5.97 Å². The molecule has 2 bridgehead atoms. The third-order valence-corrected chi connectivity index (χ3v) is 7.61. The van der Waals surface area contributed by atoms with Crippen LogP contribution in [0.15, 0.2) is 0 Å². The van der Waals surface area contributed by atoms with Crippen LogP contribution in [-0.4, -0.2) is 71.3 Å². The predicted octanol–water partition coefficient (Wildman–Crippen LogP) is 2.17. The van der Waals surface area contributed by atoms with Gasteiger partial charge in [-0.25, -0.2) is 0 Å². The number of esters is 1. The maximum atomic E-state index is 13.7. The number of fused-ring (bicyclic) bond motifs is 1. The number of nitrogens with zero attached hydrogens (tertiary/aromatic N) is 1. The minimum absolute atomic E-state index is 0.157. The van der Waals surface area contributed by atoms with Crippen molar-refractivity contribution in [3.63, 3.8) is 0 Å². The summed E-state index contributed by atoms with van der Waals surface area (Å²) in [6.45, 7) is 7.22. The van der Waals surface area contributed by atoms with Crippen LogP contribution >= 0.6 is 0 Å². The second-order valence-corrected chi connectivity index (χ2v) is 9.40. The van der Waals surface area contributed by atoms with Crippen LogP contribution in [0.4, 0.5) is 0 Å². The molecule has 0 saturated carbocycles. The van der Waals surface area contributed by atoms with E-state index in [1.54, 1.807) is 11.8 Å². The van der Waals surface area contributed by atoms with Gasteiger partial charge in [0.15, 0.2) is 0 Å². The van der Waals surface area contributed by atoms with Crippen molar-refractivity contribution in [3.05, 3.63) is 0 Å². The molecule has 0 aromatic heterocycles. The van der Waals surface area contributed by atoms with Gasteiger partial charge in [0.2, 0.25) is 11.8 Å². The molecular weight excluding hydrogens is 412 g/mol. The van der Waals surface area contributed by atoms with Crippen molar-refractivity contribution < 1.29 is 29.0 Å². The highest BCUT2D eigenvalue weighted by Crippen LogP contribution is 2.64. The molecule has 8 nitrogen and oxygen atoms in total. The zero-order valence-electron chi connectivity index (χ0n) is 19.9. The Labute approximate surface area is 191 Å². The lowest BCUT2D eigenvalue weighted by molar-refractivity contribution is -0.160. The summed E-state index contributed by atoms with van der Waals surface area (Å²) in [7, 11) is 0. The Morgan fingerprint density at radius 3 is 2.56 bits per heavy atom. The van der Waals surface area contributed by atoms with Crippen LogP contribution in [0, 0.1) is 11.8 Å². The lowest BCUT2D eigenvalue weighted by Gasteiger charge is -2.33. The highest BCUT2D eigenvalue weighted by atomic mass is 16.6. The van der Waals surface area contributed by atoms with Crippen LogP contribution < -0.4 is 5.32 Å². The van der Waals surface area contributed by atoms with Crippen molar-refractivity contribution in [2.24, 2.45) is 11.8 Å². The van der Waals surface area contributed by atoms with Gasteiger partial charge < -0.3 is 24.8 Å². The first-order chi connectivity index (χ1) is 15.4. The minimum Gasteiger partial charge on any atom is -0.466 e. The Bertz CT molecular complexity index is 700. The highest BCUT2D eigenvalue weighted by molar-refractivity contribution is 5.98. The van der Waals surface area contributed by atoms with Crippen LogP contribution in [0.25, 0.3) is 0 Å². The number of carbonyl (C=O) groups excluding carboxylic acids is 3. The molecule has 3 saturated heterocycles. The van der Waals surface area contributed by atoms with E-state index in [1.165, 1.54) is 0 Å². The second kappa shape index (κ2) is 10.5. The molecule has 2 unspecified atom stereocenters. The summed E-state index contributed by atoms with van der Waals surface area (Å²) in [6, 6.07) is -0.720. The molecular formula is C24H40N2O6. The number of hydrogen-bond donors (Lipinski definition) is 2. The molecule has 3 fully saturated rings. The monoisotopic (exact) mass is 452 g/mol. The standard InChI is InChI=1S/C24H40N2O6/c1-4-7-14-25-20(28)19-24-13-12-23(5-2,32-24)18(22(30)31-6-3)17(24)21(29)26(19)15-10-8-9-11-16-27/h17-19,27H,4-16H2,1-3H3,(H,25,28)/t17-,18-,19?,23+,24?/m0/s1. The third-order valence-electron chi connectivity index (χ3n) is 7.61. The number of hydrogen-bond acceptors (Lipinski definition) is 6. The molecule has 0 radical (unpaired) electrons. The molecule has 182 valence electrons. The number of aliphatic hydroxyl groups excluding tert-OH is 1.